The van der Waals surface area contributed by atoms with Crippen molar-refractivity contribution in [3.63, 3.8) is 0 Å². The molecule has 3 aromatic heterocycles. The van der Waals surface area contributed by atoms with Crippen molar-refractivity contribution in [2.45, 2.75) is 20.4 Å². The summed E-state index contributed by atoms with van der Waals surface area (Å²) in [5, 5.41) is 12.4. The number of aryl methyl sites for hydroxylation is 1. The molecule has 0 amide bonds. The highest BCUT2D eigenvalue weighted by Crippen LogP contribution is 2.25. The maximum Gasteiger partial charge on any atom is 0.251 e. The average Bonchev–Trinajstić information content (AvgIpc) is 3.06. The lowest BCUT2D eigenvalue weighted by molar-refractivity contribution is 0.583. The molecule has 3 rings (SSSR count). The number of pyridine rings is 1. The van der Waals surface area contributed by atoms with Gasteiger partial charge in [-0.3, -0.25) is 9.67 Å². The molecule has 0 aromatic carbocycles. The minimum absolute atomic E-state index is 0.487. The normalized spacial score (nSPS) is 10.8. The second-order valence-corrected chi connectivity index (χ2v) is 4.11. The van der Waals surface area contributed by atoms with Crippen molar-refractivity contribution in [3.8, 4) is 22.9 Å². The fraction of sp³-hybridized carbons (Fsp3) is 0.231. The molecule has 6 nitrogen and oxygen atoms in total. The lowest BCUT2D eigenvalue weighted by Crippen LogP contribution is -1.98. The molecule has 0 spiro atoms. The zero-order valence-electron chi connectivity index (χ0n) is 10.7. The first-order valence-electron chi connectivity index (χ1n) is 6.06. The van der Waals surface area contributed by atoms with Crippen molar-refractivity contribution < 1.29 is 4.42 Å². The van der Waals surface area contributed by atoms with Crippen molar-refractivity contribution >= 4 is 0 Å². The molecule has 0 radical (unpaired) electrons. The van der Waals surface area contributed by atoms with Gasteiger partial charge in [0.2, 0.25) is 5.89 Å². The minimum Gasteiger partial charge on any atom is -0.416 e. The van der Waals surface area contributed by atoms with Crippen LogP contribution in [0.5, 0.6) is 0 Å². The molecule has 0 unspecified atom stereocenters. The van der Waals surface area contributed by atoms with E-state index < -0.39 is 0 Å². The number of rotatable bonds is 3. The van der Waals surface area contributed by atoms with Gasteiger partial charge in [0.1, 0.15) is 0 Å². The van der Waals surface area contributed by atoms with Crippen molar-refractivity contribution in [1.82, 2.24) is 25.0 Å². The van der Waals surface area contributed by atoms with Crippen LogP contribution in [0.15, 0.2) is 35.1 Å². The molecular weight excluding hydrogens is 242 g/mol. The number of hydrogen-bond donors (Lipinski definition) is 0. The van der Waals surface area contributed by atoms with E-state index in [1.165, 1.54) is 0 Å². The van der Waals surface area contributed by atoms with E-state index in [4.69, 9.17) is 4.42 Å². The van der Waals surface area contributed by atoms with Gasteiger partial charge < -0.3 is 4.42 Å². The van der Waals surface area contributed by atoms with E-state index in [1.807, 2.05) is 30.7 Å². The van der Waals surface area contributed by atoms with Gasteiger partial charge in [0.05, 0.1) is 11.8 Å². The van der Waals surface area contributed by atoms with Gasteiger partial charge in [-0.2, -0.15) is 5.10 Å². The first kappa shape index (κ1) is 11.6. The number of aromatic nitrogens is 5. The van der Waals surface area contributed by atoms with E-state index >= 15 is 0 Å². The summed E-state index contributed by atoms with van der Waals surface area (Å²) in [6.07, 6.45) is 5.14. The van der Waals surface area contributed by atoms with Crippen molar-refractivity contribution in [2.75, 3.05) is 0 Å². The van der Waals surface area contributed by atoms with Crippen LogP contribution in [-0.4, -0.2) is 25.0 Å². The first-order chi connectivity index (χ1) is 9.29. The van der Waals surface area contributed by atoms with Crippen LogP contribution in [0.2, 0.25) is 0 Å². The third-order valence-corrected chi connectivity index (χ3v) is 2.99. The second kappa shape index (κ2) is 4.64. The molecule has 96 valence electrons. The Morgan fingerprint density at radius 2 is 1.89 bits per heavy atom. The Kier molecular flexibility index (Phi) is 2.83. The van der Waals surface area contributed by atoms with Gasteiger partial charge in [0, 0.05) is 30.2 Å². The quantitative estimate of drug-likeness (QED) is 0.718. The van der Waals surface area contributed by atoms with Crippen LogP contribution in [0.1, 0.15) is 12.6 Å². The number of hydrogen-bond acceptors (Lipinski definition) is 5. The second-order valence-electron chi connectivity index (χ2n) is 4.11. The third-order valence-electron chi connectivity index (χ3n) is 2.99. The molecule has 19 heavy (non-hydrogen) atoms. The highest BCUT2D eigenvalue weighted by molar-refractivity contribution is 5.58. The maximum absolute atomic E-state index is 5.69. The summed E-state index contributed by atoms with van der Waals surface area (Å²) in [5.74, 6) is 0.977. The summed E-state index contributed by atoms with van der Waals surface area (Å²) in [7, 11) is 0. The first-order valence-corrected chi connectivity index (χ1v) is 6.06. The summed E-state index contributed by atoms with van der Waals surface area (Å²) in [4.78, 5) is 3.96. The Bertz CT molecular complexity index is 686. The van der Waals surface area contributed by atoms with E-state index in [0.717, 1.165) is 23.4 Å². The Morgan fingerprint density at radius 1 is 1.16 bits per heavy atom. The Balaban J connectivity index is 1.99. The van der Waals surface area contributed by atoms with Crippen LogP contribution in [0.25, 0.3) is 22.9 Å². The Hall–Kier alpha value is -2.50. The zero-order chi connectivity index (χ0) is 13.2. The van der Waals surface area contributed by atoms with E-state index in [2.05, 4.69) is 20.3 Å². The summed E-state index contributed by atoms with van der Waals surface area (Å²) >= 11 is 0. The van der Waals surface area contributed by atoms with Gasteiger partial charge in [0.25, 0.3) is 5.89 Å². The number of nitrogens with zero attached hydrogens (tertiary/aromatic N) is 5. The van der Waals surface area contributed by atoms with E-state index in [-0.39, 0.29) is 0 Å². The minimum atomic E-state index is 0.487. The molecule has 0 aliphatic carbocycles. The smallest absolute Gasteiger partial charge is 0.251 e. The summed E-state index contributed by atoms with van der Waals surface area (Å²) in [5.41, 5.74) is 2.75. The topological polar surface area (TPSA) is 69.6 Å². The lowest BCUT2D eigenvalue weighted by Gasteiger charge is -1.98. The molecule has 3 aromatic rings. The standard InChI is InChI=1S/C13H13N5O/c1-3-18-9(2)11(8-15-18)13-17-16-12(19-13)10-4-6-14-7-5-10/h4-8H,3H2,1-2H3. The van der Waals surface area contributed by atoms with Crippen molar-refractivity contribution in [1.29, 1.82) is 0 Å². The average molecular weight is 255 g/mol. The highest BCUT2D eigenvalue weighted by Gasteiger charge is 2.15. The lowest BCUT2D eigenvalue weighted by atomic mass is 10.2. The van der Waals surface area contributed by atoms with E-state index in [9.17, 15) is 0 Å². The Labute approximate surface area is 110 Å². The van der Waals surface area contributed by atoms with Gasteiger partial charge in [-0.15, -0.1) is 10.2 Å². The molecule has 6 heteroatoms. The van der Waals surface area contributed by atoms with Crippen molar-refractivity contribution in [2.24, 2.45) is 0 Å². The fourth-order valence-corrected chi connectivity index (χ4v) is 1.92. The van der Waals surface area contributed by atoms with Crippen LogP contribution >= 0.6 is 0 Å². The predicted molar refractivity (Wildman–Crippen MR) is 69.2 cm³/mol. The monoisotopic (exact) mass is 255 g/mol. The van der Waals surface area contributed by atoms with Crippen LogP contribution in [-0.2, 0) is 6.54 Å². The summed E-state index contributed by atoms with van der Waals surface area (Å²) in [6.45, 7) is 4.85. The third kappa shape index (κ3) is 2.01. The molecule has 0 aliphatic rings. The molecule has 0 fully saturated rings. The SMILES string of the molecule is CCn1ncc(-c2nnc(-c3ccncc3)o2)c1C. The van der Waals surface area contributed by atoms with Crippen molar-refractivity contribution in [3.05, 3.63) is 36.4 Å². The molecule has 0 N–H and O–H groups in total. The fourth-order valence-electron chi connectivity index (χ4n) is 1.92. The molecule has 3 heterocycles. The largest absolute Gasteiger partial charge is 0.416 e. The predicted octanol–water partition coefficient (Wildman–Crippen LogP) is 2.32. The van der Waals surface area contributed by atoms with E-state index in [0.29, 0.717) is 11.8 Å². The zero-order valence-corrected chi connectivity index (χ0v) is 10.7. The van der Waals surface area contributed by atoms with Crippen LogP contribution < -0.4 is 0 Å². The van der Waals surface area contributed by atoms with Crippen LogP contribution in [0, 0.1) is 6.92 Å². The molecular formula is C13H13N5O. The van der Waals surface area contributed by atoms with Crippen LogP contribution in [0.3, 0.4) is 0 Å². The summed E-state index contributed by atoms with van der Waals surface area (Å²) in [6, 6.07) is 3.67. The van der Waals surface area contributed by atoms with Crippen LogP contribution in [0.4, 0.5) is 0 Å². The molecule has 0 bridgehead atoms. The molecule has 0 saturated carbocycles. The Morgan fingerprint density at radius 3 is 2.58 bits per heavy atom. The van der Waals surface area contributed by atoms with Gasteiger partial charge in [0.15, 0.2) is 0 Å². The molecule has 0 saturated heterocycles. The van der Waals surface area contributed by atoms with Gasteiger partial charge in [-0.1, -0.05) is 0 Å². The van der Waals surface area contributed by atoms with Gasteiger partial charge in [-0.05, 0) is 26.0 Å². The maximum atomic E-state index is 5.69. The van der Waals surface area contributed by atoms with E-state index in [1.54, 1.807) is 18.6 Å². The summed E-state index contributed by atoms with van der Waals surface area (Å²) < 4.78 is 7.59. The molecule has 0 atom stereocenters. The van der Waals surface area contributed by atoms with Gasteiger partial charge >= 0.3 is 0 Å². The van der Waals surface area contributed by atoms with Gasteiger partial charge in [-0.25, -0.2) is 0 Å². The highest BCUT2D eigenvalue weighted by atomic mass is 16.4. The molecule has 0 aliphatic heterocycles.